The molecule has 7 heteroatoms. The van der Waals surface area contributed by atoms with Gasteiger partial charge in [-0.25, -0.2) is 0 Å². The first-order chi connectivity index (χ1) is 8.99. The predicted molar refractivity (Wildman–Crippen MR) is 69.1 cm³/mol. The van der Waals surface area contributed by atoms with E-state index in [1.54, 1.807) is 26.1 Å². The highest BCUT2D eigenvalue weighted by molar-refractivity contribution is 6.07. The lowest BCUT2D eigenvalue weighted by atomic mass is 10.1. The molecule has 19 heavy (non-hydrogen) atoms. The number of nitrogens with zero attached hydrogens (tertiary/aromatic N) is 2. The van der Waals surface area contributed by atoms with Crippen LogP contribution >= 0.6 is 0 Å². The molecule has 0 unspecified atom stereocenters. The zero-order chi connectivity index (χ0) is 14.0. The van der Waals surface area contributed by atoms with Crippen molar-refractivity contribution in [2.75, 3.05) is 5.32 Å². The number of nitro benzene ring substituents is 1. The van der Waals surface area contributed by atoms with Crippen LogP contribution in [0.15, 0.2) is 24.4 Å². The number of rotatable bonds is 3. The number of nitro groups is 1. The number of aryl methyl sites for hydroxylation is 2. The molecule has 0 bridgehead atoms. The first-order valence-corrected chi connectivity index (χ1v) is 5.55. The second kappa shape index (κ2) is 4.89. The van der Waals surface area contributed by atoms with Crippen molar-refractivity contribution >= 4 is 17.4 Å². The molecule has 0 aliphatic carbocycles. The molecule has 1 amide bonds. The Balaban J connectivity index is 2.36. The van der Waals surface area contributed by atoms with Crippen LogP contribution in [0.25, 0.3) is 0 Å². The highest BCUT2D eigenvalue weighted by atomic mass is 16.6. The number of carbonyl (C=O) groups is 1. The molecule has 0 spiro atoms. The van der Waals surface area contributed by atoms with Crippen molar-refractivity contribution in [2.24, 2.45) is 0 Å². The van der Waals surface area contributed by atoms with E-state index < -0.39 is 10.8 Å². The maximum absolute atomic E-state index is 12.1. The summed E-state index contributed by atoms with van der Waals surface area (Å²) in [4.78, 5) is 22.4. The lowest BCUT2D eigenvalue weighted by molar-refractivity contribution is -0.385. The number of anilines is 1. The van der Waals surface area contributed by atoms with Crippen LogP contribution < -0.4 is 5.32 Å². The van der Waals surface area contributed by atoms with Crippen LogP contribution in [0.5, 0.6) is 0 Å². The molecule has 0 radical (unpaired) electrons. The van der Waals surface area contributed by atoms with E-state index in [-0.39, 0.29) is 11.3 Å². The third-order valence-corrected chi connectivity index (χ3v) is 2.66. The van der Waals surface area contributed by atoms with Crippen molar-refractivity contribution in [1.29, 1.82) is 0 Å². The second-order valence-corrected chi connectivity index (χ2v) is 4.16. The first kappa shape index (κ1) is 12.7. The fraction of sp³-hybridized carbons (Fsp3) is 0.167. The Morgan fingerprint density at radius 1 is 1.42 bits per heavy atom. The van der Waals surface area contributed by atoms with Gasteiger partial charge in [0.05, 0.1) is 11.1 Å². The van der Waals surface area contributed by atoms with Gasteiger partial charge in [0.15, 0.2) is 0 Å². The third kappa shape index (κ3) is 2.59. The van der Waals surface area contributed by atoms with Crippen molar-refractivity contribution < 1.29 is 9.72 Å². The highest BCUT2D eigenvalue weighted by Gasteiger charge is 2.20. The van der Waals surface area contributed by atoms with E-state index in [1.165, 1.54) is 12.1 Å². The average molecular weight is 260 g/mol. The zero-order valence-electron chi connectivity index (χ0n) is 10.4. The summed E-state index contributed by atoms with van der Waals surface area (Å²) in [5.74, 6) is -0.108. The molecule has 0 saturated heterocycles. The Hall–Kier alpha value is -2.70. The minimum absolute atomic E-state index is 0.0269. The quantitative estimate of drug-likeness (QED) is 0.652. The Labute approximate surface area is 108 Å². The Morgan fingerprint density at radius 2 is 2.16 bits per heavy atom. The Bertz CT molecular complexity index is 648. The summed E-state index contributed by atoms with van der Waals surface area (Å²) in [6.45, 7) is 3.53. The van der Waals surface area contributed by atoms with Crippen LogP contribution in [-0.4, -0.2) is 21.0 Å². The number of hydrogen-bond donors (Lipinski definition) is 2. The normalized spacial score (nSPS) is 10.2. The van der Waals surface area contributed by atoms with Crippen molar-refractivity contribution in [2.45, 2.75) is 13.8 Å². The van der Waals surface area contributed by atoms with E-state index in [2.05, 4.69) is 15.5 Å². The molecular weight excluding hydrogens is 248 g/mol. The summed E-state index contributed by atoms with van der Waals surface area (Å²) in [6.07, 6.45) is 1.56. The van der Waals surface area contributed by atoms with Crippen LogP contribution in [0.1, 0.15) is 21.5 Å². The van der Waals surface area contributed by atoms with Crippen molar-refractivity contribution in [3.05, 3.63) is 51.2 Å². The summed E-state index contributed by atoms with van der Waals surface area (Å²) < 4.78 is 0. The minimum atomic E-state index is -0.575. The van der Waals surface area contributed by atoms with Crippen LogP contribution in [0.2, 0.25) is 0 Å². The average Bonchev–Trinajstić information content (AvgIpc) is 2.74. The third-order valence-electron chi connectivity index (χ3n) is 2.66. The molecule has 7 nitrogen and oxygen atoms in total. The van der Waals surface area contributed by atoms with Gasteiger partial charge in [-0.1, -0.05) is 6.07 Å². The predicted octanol–water partition coefficient (Wildman–Crippen LogP) is 2.19. The second-order valence-electron chi connectivity index (χ2n) is 4.16. The molecule has 1 aromatic carbocycles. The molecule has 0 aliphatic rings. The molecule has 98 valence electrons. The molecule has 2 aromatic rings. The van der Waals surface area contributed by atoms with Gasteiger partial charge < -0.3 is 5.32 Å². The largest absolute Gasteiger partial charge is 0.307 e. The standard InChI is InChI=1S/C12H12N4O3/c1-7-3-4-10(16(18)19)9(5-7)12(17)14-11-8(2)6-13-15-11/h3-6H,1-2H3,(H2,13,14,15,17). The molecule has 0 aliphatic heterocycles. The molecular formula is C12H12N4O3. The Kier molecular flexibility index (Phi) is 3.28. The maximum Gasteiger partial charge on any atom is 0.282 e. The van der Waals surface area contributed by atoms with E-state index in [0.29, 0.717) is 5.82 Å². The number of nitrogens with one attached hydrogen (secondary N) is 2. The lowest BCUT2D eigenvalue weighted by Gasteiger charge is -2.05. The summed E-state index contributed by atoms with van der Waals surface area (Å²) >= 11 is 0. The fourth-order valence-electron chi connectivity index (χ4n) is 1.64. The number of benzene rings is 1. The molecule has 1 heterocycles. The summed E-state index contributed by atoms with van der Waals surface area (Å²) in [5, 5.41) is 19.9. The van der Waals surface area contributed by atoms with Gasteiger partial charge in [0.25, 0.3) is 11.6 Å². The van der Waals surface area contributed by atoms with Gasteiger partial charge in [0.2, 0.25) is 0 Å². The molecule has 0 atom stereocenters. The number of amides is 1. The summed E-state index contributed by atoms with van der Waals surface area (Å²) in [5.41, 5.74) is 1.33. The zero-order valence-corrected chi connectivity index (χ0v) is 10.4. The summed E-state index contributed by atoms with van der Waals surface area (Å²) in [7, 11) is 0. The van der Waals surface area contributed by atoms with Gasteiger partial charge in [-0.2, -0.15) is 5.10 Å². The molecule has 2 rings (SSSR count). The number of aromatic amines is 1. The monoisotopic (exact) mass is 260 g/mol. The molecule has 0 fully saturated rings. The van der Waals surface area contributed by atoms with Gasteiger partial charge in [0.1, 0.15) is 11.4 Å². The van der Waals surface area contributed by atoms with Gasteiger partial charge in [-0.3, -0.25) is 20.0 Å². The van der Waals surface area contributed by atoms with Gasteiger partial charge in [-0.15, -0.1) is 0 Å². The number of H-pyrrole nitrogens is 1. The molecule has 2 N–H and O–H groups in total. The van der Waals surface area contributed by atoms with Crippen LogP contribution in [0.3, 0.4) is 0 Å². The topological polar surface area (TPSA) is 101 Å². The van der Waals surface area contributed by atoms with Gasteiger partial charge >= 0.3 is 0 Å². The van der Waals surface area contributed by atoms with Gasteiger partial charge in [0, 0.05) is 11.6 Å². The fourth-order valence-corrected chi connectivity index (χ4v) is 1.64. The lowest BCUT2D eigenvalue weighted by Crippen LogP contribution is -2.15. The van der Waals surface area contributed by atoms with Crippen molar-refractivity contribution in [3.63, 3.8) is 0 Å². The van der Waals surface area contributed by atoms with Crippen LogP contribution in [0, 0.1) is 24.0 Å². The molecule has 1 aromatic heterocycles. The highest BCUT2D eigenvalue weighted by Crippen LogP contribution is 2.21. The number of aromatic nitrogens is 2. The Morgan fingerprint density at radius 3 is 2.74 bits per heavy atom. The van der Waals surface area contributed by atoms with E-state index >= 15 is 0 Å². The number of carbonyl (C=O) groups excluding carboxylic acids is 1. The number of hydrogen-bond acceptors (Lipinski definition) is 4. The van der Waals surface area contributed by atoms with Crippen molar-refractivity contribution in [1.82, 2.24) is 10.2 Å². The van der Waals surface area contributed by atoms with E-state index in [9.17, 15) is 14.9 Å². The first-order valence-electron chi connectivity index (χ1n) is 5.55. The SMILES string of the molecule is Cc1ccc([N+](=O)[O-])c(C(=O)Nc2[nH]ncc2C)c1. The smallest absolute Gasteiger partial charge is 0.282 e. The maximum atomic E-state index is 12.1. The van der Waals surface area contributed by atoms with E-state index in [4.69, 9.17) is 0 Å². The van der Waals surface area contributed by atoms with E-state index in [1.807, 2.05) is 0 Å². The van der Waals surface area contributed by atoms with E-state index in [0.717, 1.165) is 11.1 Å². The van der Waals surface area contributed by atoms with Crippen LogP contribution in [0.4, 0.5) is 11.5 Å². The summed E-state index contributed by atoms with van der Waals surface area (Å²) in [6, 6.07) is 4.40. The van der Waals surface area contributed by atoms with Crippen molar-refractivity contribution in [3.8, 4) is 0 Å². The van der Waals surface area contributed by atoms with Gasteiger partial charge in [-0.05, 0) is 25.5 Å². The molecule has 0 saturated carbocycles. The minimum Gasteiger partial charge on any atom is -0.307 e. The van der Waals surface area contributed by atoms with Crippen LogP contribution in [-0.2, 0) is 0 Å².